The van der Waals surface area contributed by atoms with Crippen LogP contribution in [0.3, 0.4) is 0 Å². The smallest absolute Gasteiger partial charge is 0.128 e. The Morgan fingerprint density at radius 2 is 1.95 bits per heavy atom. The maximum atomic E-state index is 13.6. The van der Waals surface area contributed by atoms with E-state index < -0.39 is 0 Å². The number of nitrogens with zero attached hydrogens (tertiary/aromatic N) is 1. The average molecular weight is 279 g/mol. The summed E-state index contributed by atoms with van der Waals surface area (Å²) in [4.78, 5) is 2.02. The molecule has 0 fully saturated rings. The van der Waals surface area contributed by atoms with Gasteiger partial charge in [0.2, 0.25) is 0 Å². The molecule has 0 aliphatic heterocycles. The van der Waals surface area contributed by atoms with E-state index in [1.807, 2.05) is 43.3 Å². The zero-order valence-corrected chi connectivity index (χ0v) is 11.7. The molecule has 0 unspecified atom stereocenters. The van der Waals surface area contributed by atoms with Crippen LogP contribution in [0.2, 0.25) is 5.02 Å². The van der Waals surface area contributed by atoms with Crippen LogP contribution >= 0.6 is 11.6 Å². The van der Waals surface area contributed by atoms with Crippen LogP contribution < -0.4 is 10.2 Å². The second kappa shape index (κ2) is 5.93. The van der Waals surface area contributed by atoms with Crippen LogP contribution in [0.1, 0.15) is 5.56 Å². The van der Waals surface area contributed by atoms with Crippen molar-refractivity contribution in [3.8, 4) is 0 Å². The molecule has 4 heteroatoms. The van der Waals surface area contributed by atoms with Gasteiger partial charge in [0.1, 0.15) is 5.82 Å². The number of hydrogen-bond donors (Lipinski definition) is 1. The molecule has 0 saturated carbocycles. The Morgan fingerprint density at radius 3 is 2.68 bits per heavy atom. The monoisotopic (exact) mass is 278 g/mol. The second-order valence-electron chi connectivity index (χ2n) is 4.53. The van der Waals surface area contributed by atoms with Gasteiger partial charge in [0, 0.05) is 42.6 Å². The summed E-state index contributed by atoms with van der Waals surface area (Å²) in [5, 5.41) is 3.74. The Hall–Kier alpha value is -1.74. The first-order valence-electron chi connectivity index (χ1n) is 6.01. The molecule has 0 aliphatic carbocycles. The largest absolute Gasteiger partial charge is 0.381 e. The first-order chi connectivity index (χ1) is 9.06. The predicted molar refractivity (Wildman–Crippen MR) is 79.5 cm³/mol. The van der Waals surface area contributed by atoms with E-state index in [1.54, 1.807) is 12.1 Å². The van der Waals surface area contributed by atoms with Crippen LogP contribution in [-0.2, 0) is 6.54 Å². The lowest BCUT2D eigenvalue weighted by Crippen LogP contribution is -2.09. The second-order valence-corrected chi connectivity index (χ2v) is 4.97. The van der Waals surface area contributed by atoms with E-state index in [4.69, 9.17) is 11.6 Å². The zero-order valence-electron chi connectivity index (χ0n) is 11.0. The molecular weight excluding hydrogens is 263 g/mol. The van der Waals surface area contributed by atoms with E-state index in [0.717, 1.165) is 11.4 Å². The highest BCUT2D eigenvalue weighted by atomic mass is 35.5. The zero-order chi connectivity index (χ0) is 13.8. The maximum Gasteiger partial charge on any atom is 0.128 e. The fraction of sp³-hybridized carbons (Fsp3) is 0.200. The van der Waals surface area contributed by atoms with Gasteiger partial charge in [0.05, 0.1) is 0 Å². The molecule has 2 aromatic rings. The highest BCUT2D eigenvalue weighted by Crippen LogP contribution is 2.20. The van der Waals surface area contributed by atoms with Crippen molar-refractivity contribution in [1.29, 1.82) is 0 Å². The molecule has 2 aromatic carbocycles. The fourth-order valence-corrected chi connectivity index (χ4v) is 1.96. The summed E-state index contributed by atoms with van der Waals surface area (Å²) >= 11 is 5.86. The molecule has 0 saturated heterocycles. The van der Waals surface area contributed by atoms with Crippen LogP contribution in [-0.4, -0.2) is 14.1 Å². The molecule has 0 radical (unpaired) electrons. The Kier molecular flexibility index (Phi) is 4.27. The summed E-state index contributed by atoms with van der Waals surface area (Å²) < 4.78 is 13.6. The summed E-state index contributed by atoms with van der Waals surface area (Å²) in [6.07, 6.45) is 0. The van der Waals surface area contributed by atoms with Crippen molar-refractivity contribution in [3.63, 3.8) is 0 Å². The van der Waals surface area contributed by atoms with E-state index in [-0.39, 0.29) is 5.82 Å². The van der Waals surface area contributed by atoms with Gasteiger partial charge in [-0.15, -0.1) is 0 Å². The molecule has 0 aliphatic rings. The van der Waals surface area contributed by atoms with Crippen molar-refractivity contribution in [1.82, 2.24) is 0 Å². The van der Waals surface area contributed by atoms with E-state index in [0.29, 0.717) is 17.1 Å². The van der Waals surface area contributed by atoms with Crippen molar-refractivity contribution < 1.29 is 4.39 Å². The van der Waals surface area contributed by atoms with Crippen LogP contribution in [0, 0.1) is 5.82 Å². The van der Waals surface area contributed by atoms with Gasteiger partial charge in [-0.1, -0.05) is 17.7 Å². The maximum absolute atomic E-state index is 13.6. The highest BCUT2D eigenvalue weighted by Gasteiger charge is 2.03. The average Bonchev–Trinajstić information content (AvgIpc) is 2.40. The standard InChI is InChI=1S/C15H16ClFN2/c1-19(2)14-5-3-4-13(9-14)18-10-11-8-12(16)6-7-15(11)17/h3-9,18H,10H2,1-2H3. The molecule has 19 heavy (non-hydrogen) atoms. The lowest BCUT2D eigenvalue weighted by Gasteiger charge is -2.14. The van der Waals surface area contributed by atoms with Gasteiger partial charge >= 0.3 is 0 Å². The van der Waals surface area contributed by atoms with Crippen molar-refractivity contribution in [2.75, 3.05) is 24.3 Å². The molecule has 100 valence electrons. The van der Waals surface area contributed by atoms with Gasteiger partial charge in [0.25, 0.3) is 0 Å². The van der Waals surface area contributed by atoms with Crippen molar-refractivity contribution in [2.24, 2.45) is 0 Å². The lowest BCUT2D eigenvalue weighted by atomic mass is 10.2. The van der Waals surface area contributed by atoms with Crippen LogP contribution in [0.4, 0.5) is 15.8 Å². The van der Waals surface area contributed by atoms with E-state index >= 15 is 0 Å². The molecule has 0 atom stereocenters. The Morgan fingerprint density at radius 1 is 1.16 bits per heavy atom. The number of rotatable bonds is 4. The molecule has 0 heterocycles. The number of halogens is 2. The Balaban J connectivity index is 2.10. The van der Waals surface area contributed by atoms with Gasteiger partial charge in [0.15, 0.2) is 0 Å². The van der Waals surface area contributed by atoms with Crippen LogP contribution in [0.5, 0.6) is 0 Å². The van der Waals surface area contributed by atoms with Gasteiger partial charge in [-0.05, 0) is 36.4 Å². The molecule has 0 aromatic heterocycles. The topological polar surface area (TPSA) is 15.3 Å². The molecule has 0 bridgehead atoms. The number of nitrogens with one attached hydrogen (secondary N) is 1. The lowest BCUT2D eigenvalue weighted by molar-refractivity contribution is 0.613. The van der Waals surface area contributed by atoms with Crippen LogP contribution in [0.15, 0.2) is 42.5 Å². The Bertz CT molecular complexity index is 570. The van der Waals surface area contributed by atoms with Gasteiger partial charge in [-0.3, -0.25) is 0 Å². The van der Waals surface area contributed by atoms with Crippen molar-refractivity contribution in [3.05, 3.63) is 58.9 Å². The minimum absolute atomic E-state index is 0.249. The minimum Gasteiger partial charge on any atom is -0.381 e. The molecule has 1 N–H and O–H groups in total. The Labute approximate surface area is 117 Å². The molecular formula is C15H16ClFN2. The first-order valence-corrected chi connectivity index (χ1v) is 6.39. The van der Waals surface area contributed by atoms with Gasteiger partial charge in [-0.2, -0.15) is 0 Å². The van der Waals surface area contributed by atoms with Gasteiger partial charge in [-0.25, -0.2) is 4.39 Å². The van der Waals surface area contributed by atoms with Crippen LogP contribution in [0.25, 0.3) is 0 Å². The van der Waals surface area contributed by atoms with Crippen molar-refractivity contribution in [2.45, 2.75) is 6.54 Å². The van der Waals surface area contributed by atoms with Crippen molar-refractivity contribution >= 4 is 23.0 Å². The summed E-state index contributed by atoms with van der Waals surface area (Å²) in [6.45, 7) is 0.406. The minimum atomic E-state index is -0.249. The number of hydrogen-bond acceptors (Lipinski definition) is 2. The predicted octanol–water partition coefficient (Wildman–Crippen LogP) is 4.16. The summed E-state index contributed by atoms with van der Waals surface area (Å²) in [5.41, 5.74) is 2.60. The third-order valence-electron chi connectivity index (χ3n) is 2.85. The molecule has 0 amide bonds. The van der Waals surface area contributed by atoms with Gasteiger partial charge < -0.3 is 10.2 Å². The van der Waals surface area contributed by atoms with E-state index in [9.17, 15) is 4.39 Å². The molecule has 2 rings (SSSR count). The SMILES string of the molecule is CN(C)c1cccc(NCc2cc(Cl)ccc2F)c1. The first kappa shape index (κ1) is 13.7. The molecule has 2 nitrogen and oxygen atoms in total. The summed E-state index contributed by atoms with van der Waals surface area (Å²) in [6, 6.07) is 12.5. The molecule has 0 spiro atoms. The third-order valence-corrected chi connectivity index (χ3v) is 3.09. The third kappa shape index (κ3) is 3.61. The summed E-state index contributed by atoms with van der Waals surface area (Å²) in [7, 11) is 3.96. The van der Waals surface area contributed by atoms with E-state index in [2.05, 4.69) is 5.32 Å². The number of benzene rings is 2. The number of anilines is 2. The summed E-state index contributed by atoms with van der Waals surface area (Å²) in [5.74, 6) is -0.249. The van der Waals surface area contributed by atoms with E-state index in [1.165, 1.54) is 6.07 Å². The normalized spacial score (nSPS) is 10.3. The highest BCUT2D eigenvalue weighted by molar-refractivity contribution is 6.30. The fourth-order valence-electron chi connectivity index (χ4n) is 1.77. The quantitative estimate of drug-likeness (QED) is 0.903.